The van der Waals surface area contributed by atoms with Gasteiger partial charge in [0.25, 0.3) is 11.5 Å². The second-order valence-electron chi connectivity index (χ2n) is 6.81. The number of nitrogens with zero attached hydrogens (tertiary/aromatic N) is 4. The number of piperazine rings is 1. The van der Waals surface area contributed by atoms with E-state index in [0.29, 0.717) is 36.6 Å². The highest BCUT2D eigenvalue weighted by Gasteiger charge is 2.22. The number of fused-ring (bicyclic) bond motifs is 1. The van der Waals surface area contributed by atoms with Crippen LogP contribution in [0.3, 0.4) is 0 Å². The number of pyridine rings is 1. The molecule has 0 radical (unpaired) electrons. The minimum Gasteiger partial charge on any atom is -0.497 e. The van der Waals surface area contributed by atoms with Crippen LogP contribution in [0, 0.1) is 0 Å². The Balaban J connectivity index is 1.40. The summed E-state index contributed by atoms with van der Waals surface area (Å²) in [6, 6.07) is 14.3. The standard InChI is InChI=1S/C21H22N4O3/c1-28-18-6-4-5-16(13-18)21(27)24-11-9-23(10-12-24)15-17-14-20(26)25-8-3-2-7-19(25)22-17/h2-8,13-14H,9-12,15H2,1H3. The molecule has 0 N–H and O–H groups in total. The largest absolute Gasteiger partial charge is 0.497 e. The number of methoxy groups -OCH3 is 1. The molecule has 1 aliphatic heterocycles. The summed E-state index contributed by atoms with van der Waals surface area (Å²) in [7, 11) is 1.59. The summed E-state index contributed by atoms with van der Waals surface area (Å²) in [6.45, 7) is 3.37. The van der Waals surface area contributed by atoms with Gasteiger partial charge in [0.15, 0.2) is 0 Å². The zero-order valence-electron chi connectivity index (χ0n) is 15.7. The van der Waals surface area contributed by atoms with Gasteiger partial charge in [0.05, 0.1) is 12.8 Å². The number of rotatable bonds is 4. The first-order valence-corrected chi connectivity index (χ1v) is 9.27. The van der Waals surface area contributed by atoms with Crippen LogP contribution < -0.4 is 10.3 Å². The van der Waals surface area contributed by atoms with E-state index in [1.54, 1.807) is 25.4 Å². The zero-order chi connectivity index (χ0) is 19.5. The Morgan fingerprint density at radius 2 is 1.89 bits per heavy atom. The third kappa shape index (κ3) is 3.75. The predicted molar refractivity (Wildman–Crippen MR) is 106 cm³/mol. The monoisotopic (exact) mass is 378 g/mol. The Labute approximate surface area is 162 Å². The van der Waals surface area contributed by atoms with Crippen LogP contribution in [-0.2, 0) is 6.54 Å². The maximum absolute atomic E-state index is 12.7. The molecule has 28 heavy (non-hydrogen) atoms. The van der Waals surface area contributed by atoms with E-state index in [1.165, 1.54) is 4.40 Å². The molecule has 7 heteroatoms. The molecule has 0 unspecified atom stereocenters. The SMILES string of the molecule is COc1cccc(C(=O)N2CCN(Cc3cc(=O)n4ccccc4n3)CC2)c1. The van der Waals surface area contributed by atoms with Crippen LogP contribution in [0.15, 0.2) is 59.5 Å². The van der Waals surface area contributed by atoms with Crippen LogP contribution in [0.2, 0.25) is 0 Å². The summed E-state index contributed by atoms with van der Waals surface area (Å²) in [5.41, 5.74) is 1.96. The third-order valence-corrected chi connectivity index (χ3v) is 4.99. The van der Waals surface area contributed by atoms with Gasteiger partial charge in [-0.15, -0.1) is 0 Å². The molecule has 7 nitrogen and oxygen atoms in total. The van der Waals surface area contributed by atoms with Gasteiger partial charge in [-0.2, -0.15) is 0 Å². The summed E-state index contributed by atoms with van der Waals surface area (Å²) >= 11 is 0. The summed E-state index contributed by atoms with van der Waals surface area (Å²) < 4.78 is 6.74. The van der Waals surface area contributed by atoms with Crippen molar-refractivity contribution in [2.24, 2.45) is 0 Å². The van der Waals surface area contributed by atoms with Crippen LogP contribution in [0.4, 0.5) is 0 Å². The second kappa shape index (κ2) is 7.82. The van der Waals surface area contributed by atoms with Gasteiger partial charge in [0.1, 0.15) is 11.4 Å². The Morgan fingerprint density at radius 3 is 2.68 bits per heavy atom. The number of amides is 1. The summed E-state index contributed by atoms with van der Waals surface area (Å²) in [6.07, 6.45) is 1.72. The molecular weight excluding hydrogens is 356 g/mol. The molecule has 0 aliphatic carbocycles. The molecule has 0 spiro atoms. The van der Waals surface area contributed by atoms with Crippen molar-refractivity contribution in [3.8, 4) is 5.75 Å². The van der Waals surface area contributed by atoms with E-state index in [0.717, 1.165) is 18.8 Å². The number of benzene rings is 1. The van der Waals surface area contributed by atoms with Gasteiger partial charge >= 0.3 is 0 Å². The third-order valence-electron chi connectivity index (χ3n) is 4.99. The van der Waals surface area contributed by atoms with E-state index in [4.69, 9.17) is 4.74 Å². The lowest BCUT2D eigenvalue weighted by molar-refractivity contribution is 0.0626. The smallest absolute Gasteiger partial charge is 0.258 e. The Hall–Kier alpha value is -3.19. The highest BCUT2D eigenvalue weighted by molar-refractivity contribution is 5.94. The first-order valence-electron chi connectivity index (χ1n) is 9.27. The Kier molecular flexibility index (Phi) is 5.08. The fraction of sp³-hybridized carbons (Fsp3) is 0.286. The maximum Gasteiger partial charge on any atom is 0.258 e. The molecular formula is C21H22N4O3. The molecule has 0 saturated carbocycles. The van der Waals surface area contributed by atoms with Gasteiger partial charge in [0, 0.05) is 50.6 Å². The lowest BCUT2D eigenvalue weighted by Crippen LogP contribution is -2.48. The van der Waals surface area contributed by atoms with Gasteiger partial charge in [-0.05, 0) is 30.3 Å². The maximum atomic E-state index is 12.7. The van der Waals surface area contributed by atoms with Crippen LogP contribution in [0.1, 0.15) is 16.1 Å². The number of aromatic nitrogens is 2. The van der Waals surface area contributed by atoms with Crippen molar-refractivity contribution in [3.63, 3.8) is 0 Å². The van der Waals surface area contributed by atoms with Crippen LogP contribution >= 0.6 is 0 Å². The van der Waals surface area contributed by atoms with Crippen molar-refractivity contribution in [3.05, 3.63) is 76.3 Å². The number of hydrogen-bond acceptors (Lipinski definition) is 5. The van der Waals surface area contributed by atoms with Crippen molar-refractivity contribution in [1.29, 1.82) is 0 Å². The molecule has 1 saturated heterocycles. The van der Waals surface area contributed by atoms with E-state index in [1.807, 2.05) is 41.3 Å². The summed E-state index contributed by atoms with van der Waals surface area (Å²) in [4.78, 5) is 33.6. The summed E-state index contributed by atoms with van der Waals surface area (Å²) in [5, 5.41) is 0. The highest BCUT2D eigenvalue weighted by atomic mass is 16.5. The summed E-state index contributed by atoms with van der Waals surface area (Å²) in [5.74, 6) is 0.693. The van der Waals surface area contributed by atoms with Crippen LogP contribution in [-0.4, -0.2) is 58.4 Å². The van der Waals surface area contributed by atoms with E-state index in [9.17, 15) is 9.59 Å². The quantitative estimate of drug-likeness (QED) is 0.691. The molecule has 0 atom stereocenters. The topological polar surface area (TPSA) is 67.2 Å². The molecule has 1 aliphatic rings. The highest BCUT2D eigenvalue weighted by Crippen LogP contribution is 2.16. The zero-order valence-corrected chi connectivity index (χ0v) is 15.7. The predicted octanol–water partition coefficient (Wildman–Crippen LogP) is 1.66. The number of carbonyl (C=O) groups is 1. The van der Waals surface area contributed by atoms with Gasteiger partial charge in [0.2, 0.25) is 0 Å². The molecule has 3 heterocycles. The van der Waals surface area contributed by atoms with Crippen LogP contribution in [0.25, 0.3) is 5.65 Å². The number of hydrogen-bond donors (Lipinski definition) is 0. The first kappa shape index (κ1) is 18.2. The fourth-order valence-corrected chi connectivity index (χ4v) is 3.46. The number of carbonyl (C=O) groups excluding carboxylic acids is 1. The molecule has 2 aromatic heterocycles. The number of ether oxygens (including phenoxy) is 1. The molecule has 1 fully saturated rings. The van der Waals surface area contributed by atoms with E-state index in [-0.39, 0.29) is 11.5 Å². The van der Waals surface area contributed by atoms with Crippen molar-refractivity contribution < 1.29 is 9.53 Å². The van der Waals surface area contributed by atoms with Crippen molar-refractivity contribution in [1.82, 2.24) is 19.2 Å². The normalized spacial score (nSPS) is 15.0. The lowest BCUT2D eigenvalue weighted by Gasteiger charge is -2.34. The molecule has 1 amide bonds. The molecule has 3 aromatic rings. The molecule has 4 rings (SSSR count). The van der Waals surface area contributed by atoms with E-state index >= 15 is 0 Å². The van der Waals surface area contributed by atoms with Crippen molar-refractivity contribution >= 4 is 11.6 Å². The second-order valence-corrected chi connectivity index (χ2v) is 6.81. The molecule has 144 valence electrons. The average molecular weight is 378 g/mol. The van der Waals surface area contributed by atoms with E-state index < -0.39 is 0 Å². The van der Waals surface area contributed by atoms with E-state index in [2.05, 4.69) is 9.88 Å². The van der Waals surface area contributed by atoms with Gasteiger partial charge < -0.3 is 9.64 Å². The molecule has 1 aromatic carbocycles. The Bertz CT molecular complexity index is 1050. The fourth-order valence-electron chi connectivity index (χ4n) is 3.46. The van der Waals surface area contributed by atoms with Gasteiger partial charge in [-0.1, -0.05) is 12.1 Å². The van der Waals surface area contributed by atoms with Crippen LogP contribution in [0.5, 0.6) is 5.75 Å². The minimum atomic E-state index is -0.0764. The molecule has 0 bridgehead atoms. The van der Waals surface area contributed by atoms with Crippen molar-refractivity contribution in [2.75, 3.05) is 33.3 Å². The van der Waals surface area contributed by atoms with Gasteiger partial charge in [-0.25, -0.2) is 4.98 Å². The first-order chi connectivity index (χ1) is 13.6. The van der Waals surface area contributed by atoms with Gasteiger partial charge in [-0.3, -0.25) is 18.9 Å². The van der Waals surface area contributed by atoms with Crippen molar-refractivity contribution in [2.45, 2.75) is 6.54 Å². The Morgan fingerprint density at radius 1 is 1.07 bits per heavy atom. The average Bonchev–Trinajstić information content (AvgIpc) is 2.74. The lowest BCUT2D eigenvalue weighted by atomic mass is 10.1. The minimum absolute atomic E-state index is 0.0145.